The SMILES string of the molecule is CC1(C)CC(=O)C(C2C([N+](=O)[O-])=CNc3ncnn32)=C(O)C1. The molecule has 2 heterocycles. The number of aliphatic hydroxyl groups is 1. The Bertz CT molecular complexity index is 731. The Labute approximate surface area is 125 Å². The second kappa shape index (κ2) is 4.65. The third kappa shape index (κ3) is 2.14. The van der Waals surface area contributed by atoms with Gasteiger partial charge in [-0.2, -0.15) is 10.1 Å². The largest absolute Gasteiger partial charge is 0.512 e. The van der Waals surface area contributed by atoms with E-state index in [9.17, 15) is 20.0 Å². The van der Waals surface area contributed by atoms with Crippen molar-refractivity contribution in [3.63, 3.8) is 0 Å². The first-order chi connectivity index (χ1) is 10.3. The minimum Gasteiger partial charge on any atom is -0.512 e. The monoisotopic (exact) mass is 305 g/mol. The van der Waals surface area contributed by atoms with Crippen molar-refractivity contribution in [2.45, 2.75) is 32.7 Å². The minimum atomic E-state index is -1.07. The molecule has 3 rings (SSSR count). The molecule has 0 radical (unpaired) electrons. The van der Waals surface area contributed by atoms with E-state index in [4.69, 9.17) is 0 Å². The number of rotatable bonds is 2. The highest BCUT2D eigenvalue weighted by molar-refractivity contribution is 5.98. The van der Waals surface area contributed by atoms with Crippen LogP contribution >= 0.6 is 0 Å². The smallest absolute Gasteiger partial charge is 0.291 e. The van der Waals surface area contributed by atoms with Crippen LogP contribution in [0.25, 0.3) is 0 Å². The molecule has 9 heteroatoms. The van der Waals surface area contributed by atoms with Gasteiger partial charge in [0.25, 0.3) is 5.70 Å². The zero-order chi connectivity index (χ0) is 16.1. The van der Waals surface area contributed by atoms with Crippen LogP contribution in [-0.2, 0) is 4.79 Å². The van der Waals surface area contributed by atoms with Crippen LogP contribution < -0.4 is 5.32 Å². The van der Waals surface area contributed by atoms with Crippen molar-refractivity contribution in [1.82, 2.24) is 14.8 Å². The van der Waals surface area contributed by atoms with Crippen LogP contribution in [0.3, 0.4) is 0 Å². The van der Waals surface area contributed by atoms with Gasteiger partial charge in [-0.3, -0.25) is 14.9 Å². The molecule has 1 atom stereocenters. The van der Waals surface area contributed by atoms with E-state index >= 15 is 0 Å². The van der Waals surface area contributed by atoms with Crippen molar-refractivity contribution in [2.24, 2.45) is 5.41 Å². The Morgan fingerprint density at radius 3 is 2.86 bits per heavy atom. The highest BCUT2D eigenvalue weighted by atomic mass is 16.6. The highest BCUT2D eigenvalue weighted by Gasteiger charge is 2.44. The van der Waals surface area contributed by atoms with Crippen LogP contribution in [0, 0.1) is 15.5 Å². The number of hydrogen-bond acceptors (Lipinski definition) is 7. The molecule has 2 N–H and O–H groups in total. The first-order valence-electron chi connectivity index (χ1n) is 6.76. The van der Waals surface area contributed by atoms with Gasteiger partial charge in [0.1, 0.15) is 12.1 Å². The minimum absolute atomic E-state index is 0.0236. The van der Waals surface area contributed by atoms with Crippen LogP contribution in [-0.4, -0.2) is 30.6 Å². The van der Waals surface area contributed by atoms with Crippen molar-refractivity contribution >= 4 is 11.7 Å². The van der Waals surface area contributed by atoms with E-state index in [2.05, 4.69) is 15.4 Å². The number of Topliss-reactive ketones (excluding diaryl/α,β-unsaturated/α-hetero) is 1. The molecule has 0 spiro atoms. The molecule has 0 amide bonds. The second-order valence-corrected chi connectivity index (χ2v) is 6.20. The summed E-state index contributed by atoms with van der Waals surface area (Å²) in [5.74, 6) is -0.147. The lowest BCUT2D eigenvalue weighted by atomic mass is 9.74. The molecule has 9 nitrogen and oxygen atoms in total. The van der Waals surface area contributed by atoms with E-state index in [1.165, 1.54) is 17.2 Å². The van der Waals surface area contributed by atoms with Crippen molar-refractivity contribution in [1.29, 1.82) is 0 Å². The Morgan fingerprint density at radius 2 is 2.23 bits per heavy atom. The fourth-order valence-corrected chi connectivity index (χ4v) is 2.92. The zero-order valence-electron chi connectivity index (χ0n) is 12.1. The molecule has 0 saturated carbocycles. The first kappa shape index (κ1) is 14.2. The van der Waals surface area contributed by atoms with Gasteiger partial charge in [0.15, 0.2) is 11.8 Å². The van der Waals surface area contributed by atoms with Gasteiger partial charge in [0, 0.05) is 12.8 Å². The quantitative estimate of drug-likeness (QED) is 0.627. The summed E-state index contributed by atoms with van der Waals surface area (Å²) in [6.07, 6.45) is 2.92. The normalized spacial score (nSPS) is 23.6. The summed E-state index contributed by atoms with van der Waals surface area (Å²) in [4.78, 5) is 27.1. The average molecular weight is 305 g/mol. The number of hydrogen-bond donors (Lipinski definition) is 2. The van der Waals surface area contributed by atoms with Gasteiger partial charge in [0.2, 0.25) is 5.95 Å². The van der Waals surface area contributed by atoms with E-state index in [1.54, 1.807) is 0 Å². The molecular formula is C13H15N5O4. The maximum Gasteiger partial charge on any atom is 0.291 e. The summed E-state index contributed by atoms with van der Waals surface area (Å²) >= 11 is 0. The van der Waals surface area contributed by atoms with E-state index < -0.39 is 11.0 Å². The third-order valence-corrected chi connectivity index (χ3v) is 3.83. The van der Waals surface area contributed by atoms with Gasteiger partial charge in [-0.1, -0.05) is 13.8 Å². The Morgan fingerprint density at radius 1 is 1.50 bits per heavy atom. The van der Waals surface area contributed by atoms with E-state index in [-0.39, 0.29) is 47.0 Å². The summed E-state index contributed by atoms with van der Waals surface area (Å²) in [7, 11) is 0. The number of carbonyl (C=O) groups is 1. The molecule has 22 heavy (non-hydrogen) atoms. The first-order valence-corrected chi connectivity index (χ1v) is 6.76. The second-order valence-electron chi connectivity index (χ2n) is 6.20. The Hall–Kier alpha value is -2.71. The summed E-state index contributed by atoms with van der Waals surface area (Å²) in [5.41, 5.74) is -0.607. The number of anilines is 1. The van der Waals surface area contributed by atoms with Crippen LogP contribution in [0.1, 0.15) is 32.7 Å². The molecule has 1 aliphatic carbocycles. The number of ketones is 1. The van der Waals surface area contributed by atoms with Gasteiger partial charge >= 0.3 is 0 Å². The molecule has 2 aliphatic rings. The molecule has 0 saturated heterocycles. The maximum atomic E-state index is 12.5. The van der Waals surface area contributed by atoms with E-state index in [1.807, 2.05) is 13.8 Å². The summed E-state index contributed by atoms with van der Waals surface area (Å²) in [6.45, 7) is 3.73. The van der Waals surface area contributed by atoms with Crippen molar-refractivity contribution in [2.75, 3.05) is 5.32 Å². The molecule has 116 valence electrons. The molecule has 1 aromatic heterocycles. The maximum absolute atomic E-state index is 12.5. The number of nitrogens with one attached hydrogen (secondary N) is 1. The third-order valence-electron chi connectivity index (χ3n) is 3.83. The van der Waals surface area contributed by atoms with Gasteiger partial charge in [0.05, 0.1) is 16.7 Å². The number of aliphatic hydroxyl groups excluding tert-OH is 1. The Kier molecular flexibility index (Phi) is 3.01. The van der Waals surface area contributed by atoms with Crippen molar-refractivity contribution in [3.8, 4) is 0 Å². The Balaban J connectivity index is 2.15. The van der Waals surface area contributed by atoms with Crippen molar-refractivity contribution < 1.29 is 14.8 Å². The highest BCUT2D eigenvalue weighted by Crippen LogP contribution is 2.42. The summed E-state index contributed by atoms with van der Waals surface area (Å²) < 4.78 is 1.25. The lowest BCUT2D eigenvalue weighted by molar-refractivity contribution is -0.431. The zero-order valence-corrected chi connectivity index (χ0v) is 12.1. The topological polar surface area (TPSA) is 123 Å². The van der Waals surface area contributed by atoms with Crippen LogP contribution in [0.2, 0.25) is 0 Å². The number of nitro groups is 1. The van der Waals surface area contributed by atoms with Gasteiger partial charge in [-0.05, 0) is 5.41 Å². The fraction of sp³-hybridized carbons (Fsp3) is 0.462. The van der Waals surface area contributed by atoms with E-state index in [0.717, 1.165) is 0 Å². The number of nitrogens with zero attached hydrogens (tertiary/aromatic N) is 4. The summed E-state index contributed by atoms with van der Waals surface area (Å²) in [5, 5.41) is 28.2. The molecule has 1 aromatic rings. The number of aromatic nitrogens is 3. The van der Waals surface area contributed by atoms with Crippen LogP contribution in [0.15, 0.2) is 29.6 Å². The summed E-state index contributed by atoms with van der Waals surface area (Å²) in [6, 6.07) is -1.07. The lowest BCUT2D eigenvalue weighted by Crippen LogP contribution is -2.34. The molecule has 0 bridgehead atoms. The molecule has 1 unspecified atom stereocenters. The van der Waals surface area contributed by atoms with Gasteiger partial charge in [-0.15, -0.1) is 0 Å². The molecule has 1 aliphatic heterocycles. The fourth-order valence-electron chi connectivity index (χ4n) is 2.92. The van der Waals surface area contributed by atoms with Crippen LogP contribution in [0.4, 0.5) is 5.95 Å². The average Bonchev–Trinajstić information content (AvgIpc) is 2.84. The van der Waals surface area contributed by atoms with Crippen molar-refractivity contribution in [3.05, 3.63) is 39.7 Å². The van der Waals surface area contributed by atoms with Crippen LogP contribution in [0.5, 0.6) is 0 Å². The molecular weight excluding hydrogens is 290 g/mol. The predicted octanol–water partition coefficient (Wildman–Crippen LogP) is 1.56. The standard InChI is InChI=1S/C13H15N5O4/c1-13(2)3-8(19)10(9(20)4-13)11-7(18(21)22)5-14-12-15-6-16-17(11)12/h5-6,11,19H,3-4H2,1-2H3,(H,14,15,16). The number of fused-ring (bicyclic) bond motifs is 1. The predicted molar refractivity (Wildman–Crippen MR) is 75.4 cm³/mol. The van der Waals surface area contributed by atoms with E-state index in [0.29, 0.717) is 0 Å². The molecule has 0 aromatic carbocycles. The van der Waals surface area contributed by atoms with Gasteiger partial charge < -0.3 is 10.4 Å². The van der Waals surface area contributed by atoms with Gasteiger partial charge in [-0.25, -0.2) is 4.68 Å². The number of allylic oxidation sites excluding steroid dienone is 2. The molecule has 0 fully saturated rings. The number of carbonyl (C=O) groups excluding carboxylic acids is 1. The lowest BCUT2D eigenvalue weighted by Gasteiger charge is -2.32.